The molecule has 0 aliphatic carbocycles. The monoisotopic (exact) mass is 491 g/mol. The Labute approximate surface area is 197 Å². The first-order valence-corrected chi connectivity index (χ1v) is 11.7. The van der Waals surface area contributed by atoms with Crippen LogP contribution in [0.15, 0.2) is 18.6 Å². The maximum Gasteiger partial charge on any atom is 0.393 e. The van der Waals surface area contributed by atoms with Gasteiger partial charge in [-0.1, -0.05) is 0 Å². The van der Waals surface area contributed by atoms with Crippen molar-refractivity contribution in [3.8, 4) is 27.7 Å². The number of likely N-dealkylation sites (tertiary alicyclic amines) is 1. The molecule has 0 amide bonds. The van der Waals surface area contributed by atoms with Crippen molar-refractivity contribution in [1.29, 1.82) is 0 Å². The highest BCUT2D eigenvalue weighted by Crippen LogP contribution is 2.41. The first-order chi connectivity index (χ1) is 16.2. The highest BCUT2D eigenvalue weighted by molar-refractivity contribution is 7.15. The average molecular weight is 492 g/mol. The lowest BCUT2D eigenvalue weighted by atomic mass is 9.95. The van der Waals surface area contributed by atoms with Gasteiger partial charge in [0.05, 0.1) is 24.9 Å². The third kappa shape index (κ3) is 4.27. The number of pyridine rings is 1. The number of nitrogens with zero attached hydrogens (tertiary/aromatic N) is 6. The number of thiazole rings is 1. The van der Waals surface area contributed by atoms with Gasteiger partial charge in [0.2, 0.25) is 0 Å². The molecule has 0 radical (unpaired) electrons. The molecule has 1 fully saturated rings. The molecule has 1 aliphatic heterocycles. The summed E-state index contributed by atoms with van der Waals surface area (Å²) in [5.74, 6) is 0.768. The van der Waals surface area contributed by atoms with Crippen LogP contribution in [0, 0.1) is 6.92 Å². The van der Waals surface area contributed by atoms with E-state index >= 15 is 0 Å². The van der Waals surface area contributed by atoms with Gasteiger partial charge in [-0.3, -0.25) is 5.10 Å². The van der Waals surface area contributed by atoms with Gasteiger partial charge in [-0.25, -0.2) is 14.5 Å². The second kappa shape index (κ2) is 8.66. The summed E-state index contributed by atoms with van der Waals surface area (Å²) in [5.41, 5.74) is 2.35. The van der Waals surface area contributed by atoms with Gasteiger partial charge in [-0.05, 0) is 51.9 Å². The van der Waals surface area contributed by atoms with Gasteiger partial charge in [-0.15, -0.1) is 11.3 Å². The van der Waals surface area contributed by atoms with Gasteiger partial charge >= 0.3 is 6.18 Å². The molecule has 0 saturated carbocycles. The Kier molecular flexibility index (Phi) is 5.80. The summed E-state index contributed by atoms with van der Waals surface area (Å²) < 4.78 is 47.8. The number of ether oxygens (including phenoxy) is 1. The number of hydrogen-bond acceptors (Lipinski definition) is 7. The summed E-state index contributed by atoms with van der Waals surface area (Å²) in [4.78, 5) is 12.2. The van der Waals surface area contributed by atoms with Crippen LogP contribution in [-0.4, -0.2) is 68.1 Å². The normalized spacial score (nSPS) is 15.9. The van der Waals surface area contributed by atoms with Crippen LogP contribution in [-0.2, 0) is 6.42 Å². The molecule has 5 heterocycles. The molecule has 4 aromatic heterocycles. The van der Waals surface area contributed by atoms with E-state index in [2.05, 4.69) is 37.2 Å². The van der Waals surface area contributed by atoms with Crippen molar-refractivity contribution < 1.29 is 17.9 Å². The smallest absolute Gasteiger partial charge is 0.393 e. The number of nitrogens with one attached hydrogen (secondary N) is 1. The van der Waals surface area contributed by atoms with Crippen LogP contribution >= 0.6 is 11.3 Å². The number of fused-ring (bicyclic) bond motifs is 1. The highest BCUT2D eigenvalue weighted by atomic mass is 32.1. The number of aromatic amines is 1. The molecule has 1 N–H and O–H groups in total. The first-order valence-electron chi connectivity index (χ1n) is 10.9. The molecule has 1 aliphatic rings. The number of hydrogen-bond donors (Lipinski definition) is 1. The lowest BCUT2D eigenvalue weighted by Gasteiger charge is -2.28. The SMILES string of the molecule is COc1cc(-c2[nH]nc(-c3nc(C)c(C4CCN(C)CC4)s3)c2CC(F)(F)F)cn2ncnc12. The van der Waals surface area contributed by atoms with E-state index in [4.69, 9.17) is 4.74 Å². The minimum Gasteiger partial charge on any atom is -0.493 e. The number of rotatable bonds is 5. The second-order valence-electron chi connectivity index (χ2n) is 8.59. The Morgan fingerprint density at radius 3 is 2.74 bits per heavy atom. The average Bonchev–Trinajstić information content (AvgIpc) is 3.51. The number of halogens is 3. The molecule has 1 saturated heterocycles. The van der Waals surface area contributed by atoms with E-state index in [1.54, 1.807) is 12.3 Å². The van der Waals surface area contributed by atoms with Gasteiger partial charge < -0.3 is 9.64 Å². The van der Waals surface area contributed by atoms with Crippen LogP contribution in [0.3, 0.4) is 0 Å². The van der Waals surface area contributed by atoms with Crippen LogP contribution < -0.4 is 4.74 Å². The molecule has 0 spiro atoms. The standard InChI is InChI=1S/C22H24F3N7OS/c1-12-19(13-4-6-31(2)7-5-13)34-21(28-12)18-15(9-22(23,24)25)17(29-30-18)14-8-16(33-3)20-26-11-27-32(20)10-14/h8,10-11,13H,4-7,9H2,1-3H3,(H,29,30). The maximum absolute atomic E-state index is 13.7. The first kappa shape index (κ1) is 22.8. The number of aryl methyl sites for hydroxylation is 1. The Bertz CT molecular complexity index is 1320. The molecule has 12 heteroatoms. The van der Waals surface area contributed by atoms with Gasteiger partial charge in [0.15, 0.2) is 11.4 Å². The fourth-order valence-electron chi connectivity index (χ4n) is 4.50. The zero-order valence-electron chi connectivity index (χ0n) is 19.0. The lowest BCUT2D eigenvalue weighted by molar-refractivity contribution is -0.127. The van der Waals surface area contributed by atoms with Crippen LogP contribution in [0.2, 0.25) is 0 Å². The topological polar surface area (TPSA) is 84.2 Å². The van der Waals surface area contributed by atoms with Crippen molar-refractivity contribution in [1.82, 2.24) is 34.7 Å². The van der Waals surface area contributed by atoms with E-state index in [0.717, 1.165) is 36.5 Å². The number of methoxy groups -OCH3 is 1. The highest BCUT2D eigenvalue weighted by Gasteiger charge is 2.34. The number of aromatic nitrogens is 6. The summed E-state index contributed by atoms with van der Waals surface area (Å²) in [5, 5.41) is 11.7. The van der Waals surface area contributed by atoms with Crippen molar-refractivity contribution in [3.63, 3.8) is 0 Å². The molecular weight excluding hydrogens is 467 g/mol. The fraction of sp³-hybridized carbons (Fsp3) is 0.455. The zero-order valence-corrected chi connectivity index (χ0v) is 19.8. The fourth-order valence-corrected chi connectivity index (χ4v) is 5.75. The van der Waals surface area contributed by atoms with Crippen molar-refractivity contribution >= 4 is 17.0 Å². The number of alkyl halides is 3. The predicted octanol–water partition coefficient (Wildman–Crippen LogP) is 4.47. The Balaban J connectivity index is 1.59. The van der Waals surface area contributed by atoms with E-state index in [9.17, 15) is 13.2 Å². The van der Waals surface area contributed by atoms with Gasteiger partial charge in [0.25, 0.3) is 0 Å². The zero-order chi connectivity index (χ0) is 24.0. The molecule has 5 rings (SSSR count). The quantitative estimate of drug-likeness (QED) is 0.443. The van der Waals surface area contributed by atoms with Crippen LogP contribution in [0.1, 0.15) is 34.9 Å². The van der Waals surface area contributed by atoms with Crippen molar-refractivity contribution in [3.05, 3.63) is 34.7 Å². The summed E-state index contributed by atoms with van der Waals surface area (Å²) in [7, 11) is 3.58. The van der Waals surface area contributed by atoms with Gasteiger partial charge in [0, 0.05) is 22.2 Å². The van der Waals surface area contributed by atoms with E-state index < -0.39 is 12.6 Å². The minimum atomic E-state index is -4.42. The largest absolute Gasteiger partial charge is 0.493 e. The van der Waals surface area contributed by atoms with Gasteiger partial charge in [-0.2, -0.15) is 23.4 Å². The van der Waals surface area contributed by atoms with E-state index in [1.807, 2.05) is 6.92 Å². The summed E-state index contributed by atoms with van der Waals surface area (Å²) in [6.07, 6.45) is -0.555. The molecular formula is C22H24F3N7OS. The van der Waals surface area contributed by atoms with Crippen molar-refractivity contribution in [2.45, 2.75) is 38.3 Å². The van der Waals surface area contributed by atoms with E-state index in [1.165, 1.54) is 29.3 Å². The molecule has 0 atom stereocenters. The van der Waals surface area contributed by atoms with Crippen LogP contribution in [0.25, 0.3) is 27.6 Å². The molecule has 0 aromatic carbocycles. The van der Waals surface area contributed by atoms with E-state index in [0.29, 0.717) is 27.9 Å². The second-order valence-corrected chi connectivity index (χ2v) is 9.62. The Morgan fingerprint density at radius 1 is 1.26 bits per heavy atom. The van der Waals surface area contributed by atoms with Crippen molar-refractivity contribution in [2.75, 3.05) is 27.2 Å². The predicted molar refractivity (Wildman–Crippen MR) is 122 cm³/mol. The molecule has 180 valence electrons. The molecule has 0 bridgehead atoms. The third-order valence-corrected chi connectivity index (χ3v) is 7.55. The maximum atomic E-state index is 13.7. The molecule has 8 nitrogen and oxygen atoms in total. The molecule has 4 aromatic rings. The van der Waals surface area contributed by atoms with Gasteiger partial charge in [0.1, 0.15) is 17.0 Å². The minimum absolute atomic E-state index is 0.0534. The third-order valence-electron chi connectivity index (χ3n) is 6.22. The van der Waals surface area contributed by atoms with E-state index in [-0.39, 0.29) is 17.0 Å². The lowest BCUT2D eigenvalue weighted by Crippen LogP contribution is -2.29. The van der Waals surface area contributed by atoms with Crippen molar-refractivity contribution in [2.24, 2.45) is 0 Å². The summed E-state index contributed by atoms with van der Waals surface area (Å²) in [6, 6.07) is 1.64. The van der Waals surface area contributed by atoms with Crippen LogP contribution in [0.5, 0.6) is 5.75 Å². The number of H-pyrrole nitrogens is 1. The number of piperidine rings is 1. The molecule has 0 unspecified atom stereocenters. The summed E-state index contributed by atoms with van der Waals surface area (Å²) >= 11 is 1.45. The Hall–Kier alpha value is -2.99. The van der Waals surface area contributed by atoms with Crippen LogP contribution in [0.4, 0.5) is 13.2 Å². The summed E-state index contributed by atoms with van der Waals surface area (Å²) in [6.45, 7) is 3.92. The Morgan fingerprint density at radius 2 is 2.03 bits per heavy atom. The molecule has 34 heavy (non-hydrogen) atoms.